The van der Waals surface area contributed by atoms with E-state index in [4.69, 9.17) is 0 Å². The van der Waals surface area contributed by atoms with Crippen molar-refractivity contribution in [3.05, 3.63) is 112 Å². The van der Waals surface area contributed by atoms with Crippen LogP contribution in [0.3, 0.4) is 0 Å². The Kier molecular flexibility index (Phi) is 7.95. The molecule has 4 aliphatic carbocycles. The minimum Gasteiger partial charge on any atom is -0.0844 e. The molecule has 0 radical (unpaired) electrons. The Bertz CT molecular complexity index is 2220. The van der Waals surface area contributed by atoms with Crippen LogP contribution < -0.4 is 10.4 Å². The fraction of sp³-hybridized carbons (Fsp3) is 0.458. The second-order valence-electron chi connectivity index (χ2n) is 16.4. The topological polar surface area (TPSA) is 0 Å². The van der Waals surface area contributed by atoms with Gasteiger partial charge in [0.15, 0.2) is 0 Å². The van der Waals surface area contributed by atoms with Crippen LogP contribution in [0.25, 0.3) is 33.4 Å². The molecule has 252 valence electrons. The Morgan fingerprint density at radius 3 is 1.85 bits per heavy atom. The third kappa shape index (κ3) is 4.13. The predicted octanol–water partition coefficient (Wildman–Crippen LogP) is 12.5. The molecule has 0 heteroatoms. The van der Waals surface area contributed by atoms with E-state index in [1.807, 2.05) is 0 Å². The van der Waals surface area contributed by atoms with E-state index in [9.17, 15) is 0 Å². The Balaban J connectivity index is 1.84. The molecular formula is C48H60. The van der Waals surface area contributed by atoms with Gasteiger partial charge in [-0.25, -0.2) is 0 Å². The van der Waals surface area contributed by atoms with Crippen molar-refractivity contribution < 1.29 is 0 Å². The lowest BCUT2D eigenvalue weighted by atomic mass is 9.65. The second-order valence-corrected chi connectivity index (χ2v) is 16.4. The molecule has 48 heavy (non-hydrogen) atoms. The Labute approximate surface area is 292 Å². The highest BCUT2D eigenvalue weighted by Gasteiger charge is 2.70. The maximum absolute atomic E-state index is 2.58. The van der Waals surface area contributed by atoms with Gasteiger partial charge in [-0.3, -0.25) is 0 Å². The fourth-order valence-corrected chi connectivity index (χ4v) is 10.7. The molecule has 6 rings (SSSR count). The predicted molar refractivity (Wildman–Crippen MR) is 213 cm³/mol. The number of benzene rings is 2. The summed E-state index contributed by atoms with van der Waals surface area (Å²) in [4.78, 5) is 0. The molecular weight excluding hydrogens is 577 g/mol. The summed E-state index contributed by atoms with van der Waals surface area (Å²) in [5, 5.41) is 3.03. The van der Waals surface area contributed by atoms with Gasteiger partial charge in [-0.15, -0.1) is 0 Å². The van der Waals surface area contributed by atoms with Crippen LogP contribution in [0.4, 0.5) is 0 Å². The van der Waals surface area contributed by atoms with E-state index in [1.54, 1.807) is 16.7 Å². The number of hydrogen-bond donors (Lipinski definition) is 0. The minimum atomic E-state index is 0.137. The van der Waals surface area contributed by atoms with Crippen molar-refractivity contribution >= 4 is 22.3 Å². The van der Waals surface area contributed by atoms with Gasteiger partial charge in [-0.2, -0.15) is 0 Å². The number of rotatable bonds is 3. The fourth-order valence-electron chi connectivity index (χ4n) is 10.7. The van der Waals surface area contributed by atoms with Gasteiger partial charge in [0.1, 0.15) is 0 Å². The summed E-state index contributed by atoms with van der Waals surface area (Å²) < 4.78 is 0. The van der Waals surface area contributed by atoms with Crippen molar-refractivity contribution in [2.75, 3.05) is 0 Å². The van der Waals surface area contributed by atoms with Gasteiger partial charge in [0.05, 0.1) is 0 Å². The lowest BCUT2D eigenvalue weighted by Gasteiger charge is -2.39. The summed E-state index contributed by atoms with van der Waals surface area (Å²) in [5.41, 5.74) is 32.6. The van der Waals surface area contributed by atoms with E-state index in [1.165, 1.54) is 123 Å². The molecule has 1 fully saturated rings. The molecule has 1 saturated carbocycles. The van der Waals surface area contributed by atoms with Crippen LogP contribution in [0.2, 0.25) is 0 Å². The van der Waals surface area contributed by atoms with E-state index in [-0.39, 0.29) is 10.8 Å². The molecule has 1 spiro atoms. The molecule has 0 N–H and O–H groups in total. The summed E-state index contributed by atoms with van der Waals surface area (Å²) in [7, 11) is 0. The summed E-state index contributed by atoms with van der Waals surface area (Å²) in [6.45, 7) is 42.8. The molecule has 2 atom stereocenters. The number of hydrogen-bond acceptors (Lipinski definition) is 0. The maximum atomic E-state index is 2.58. The zero-order chi connectivity index (χ0) is 35.7. The highest BCUT2D eigenvalue weighted by Crippen LogP contribution is 2.79. The summed E-state index contributed by atoms with van der Waals surface area (Å²) in [5.74, 6) is 0. The van der Waals surface area contributed by atoms with Gasteiger partial charge < -0.3 is 0 Å². The first kappa shape index (κ1) is 34.5. The first-order chi connectivity index (χ1) is 22.3. The van der Waals surface area contributed by atoms with Crippen molar-refractivity contribution in [2.24, 2.45) is 10.8 Å². The van der Waals surface area contributed by atoms with E-state index >= 15 is 0 Å². The van der Waals surface area contributed by atoms with Gasteiger partial charge in [0.2, 0.25) is 0 Å². The van der Waals surface area contributed by atoms with E-state index < -0.39 is 0 Å². The molecule has 0 nitrogen and oxygen atoms in total. The van der Waals surface area contributed by atoms with E-state index in [0.717, 1.165) is 6.42 Å². The van der Waals surface area contributed by atoms with Gasteiger partial charge in [-0.1, -0.05) is 35.3 Å². The summed E-state index contributed by atoms with van der Waals surface area (Å²) in [6.07, 6.45) is 4.48. The Morgan fingerprint density at radius 2 is 1.25 bits per heavy atom. The third-order valence-electron chi connectivity index (χ3n) is 14.8. The number of fused-ring (bicyclic) bond motifs is 2. The zero-order valence-electron chi connectivity index (χ0n) is 33.6. The van der Waals surface area contributed by atoms with Gasteiger partial charge in [0.25, 0.3) is 0 Å². The quantitative estimate of drug-likeness (QED) is 0.294. The SMILES string of the molecule is C/C=C(C)/C(C)=C(/C)c1cc(-c2c(C)c(C)c3c(c2C)=C(C)C2=C(C)C(C)=C(C)C4(C)CC24C=3C)c2c(c1C)CC(C)=C(C)C(C)=C2C. The summed E-state index contributed by atoms with van der Waals surface area (Å²) >= 11 is 0. The van der Waals surface area contributed by atoms with Crippen LogP contribution in [-0.4, -0.2) is 0 Å². The molecule has 0 heterocycles. The van der Waals surface area contributed by atoms with Gasteiger partial charge in [-0.05, 0) is 247 Å². The molecule has 2 aromatic carbocycles. The normalized spacial score (nSPS) is 24.5. The van der Waals surface area contributed by atoms with Crippen molar-refractivity contribution in [2.45, 2.75) is 137 Å². The van der Waals surface area contributed by atoms with Crippen LogP contribution >= 0.6 is 0 Å². The van der Waals surface area contributed by atoms with Crippen molar-refractivity contribution in [1.29, 1.82) is 0 Å². The monoisotopic (exact) mass is 636 g/mol. The van der Waals surface area contributed by atoms with Crippen molar-refractivity contribution in [3.63, 3.8) is 0 Å². The standard InChI is InChI=1S/C48H60/c1-19-23(2)25(4)29(8)39-21-41(45-30(9)27(6)26(5)24(3)20-40(45)34(39)13)42-31(10)32(11)44-38(17)48-22-47(48,18)37(16)28(7)33(12)46(48)36(15)43(44)35(42)14/h19,21H,20,22H2,1-18H3/b23-19+,29-25-. The molecule has 0 amide bonds. The number of allylic oxidation sites excluding steroid dienone is 12. The summed E-state index contributed by atoms with van der Waals surface area (Å²) in [6, 6.07) is 2.58. The third-order valence-corrected chi connectivity index (χ3v) is 14.8. The smallest absolute Gasteiger partial charge is 0.0273 e. The molecule has 2 unspecified atom stereocenters. The maximum Gasteiger partial charge on any atom is 0.0273 e. The first-order valence-electron chi connectivity index (χ1n) is 18.4. The van der Waals surface area contributed by atoms with Gasteiger partial charge >= 0.3 is 0 Å². The molecule has 2 aromatic rings. The average Bonchev–Trinajstić information content (AvgIpc) is 3.71. The lowest BCUT2D eigenvalue weighted by molar-refractivity contribution is 0.544. The largest absolute Gasteiger partial charge is 0.0844 e. The van der Waals surface area contributed by atoms with Crippen LogP contribution in [0, 0.1) is 38.5 Å². The lowest BCUT2D eigenvalue weighted by Crippen LogP contribution is -2.43. The highest BCUT2D eigenvalue weighted by molar-refractivity contribution is 5.94. The van der Waals surface area contributed by atoms with Crippen molar-refractivity contribution in [1.82, 2.24) is 0 Å². The molecule has 0 saturated heterocycles. The van der Waals surface area contributed by atoms with Crippen LogP contribution in [0.1, 0.15) is 142 Å². The molecule has 4 aliphatic rings. The van der Waals surface area contributed by atoms with Crippen molar-refractivity contribution in [3.8, 4) is 11.1 Å². The first-order valence-corrected chi connectivity index (χ1v) is 18.4. The van der Waals surface area contributed by atoms with E-state index in [2.05, 4.69) is 137 Å². The zero-order valence-corrected chi connectivity index (χ0v) is 33.6. The molecule has 0 aromatic heterocycles. The Hall–Kier alpha value is -3.38. The molecule has 0 bridgehead atoms. The highest BCUT2D eigenvalue weighted by atomic mass is 14.7. The van der Waals surface area contributed by atoms with Gasteiger partial charge in [0, 0.05) is 10.8 Å². The molecule has 0 aliphatic heterocycles. The minimum absolute atomic E-state index is 0.137. The van der Waals surface area contributed by atoms with Crippen LogP contribution in [0.5, 0.6) is 0 Å². The second kappa shape index (κ2) is 11.1. The van der Waals surface area contributed by atoms with Crippen LogP contribution in [-0.2, 0) is 6.42 Å². The van der Waals surface area contributed by atoms with E-state index in [0.29, 0.717) is 0 Å². The van der Waals surface area contributed by atoms with Crippen LogP contribution in [0.15, 0.2) is 62.3 Å². The average molecular weight is 637 g/mol. The Morgan fingerprint density at radius 1 is 0.625 bits per heavy atom.